The normalized spacial score (nSPS) is 11.0. The minimum Gasteiger partial charge on any atom is -0.497 e. The van der Waals surface area contributed by atoms with Gasteiger partial charge in [-0.2, -0.15) is 0 Å². The Labute approximate surface area is 144 Å². The van der Waals surface area contributed by atoms with Gasteiger partial charge in [0.15, 0.2) is 5.78 Å². The number of carbonyl (C=O) groups is 1. The number of allylic oxidation sites excluding steroid dienone is 1. The Morgan fingerprint density at radius 2 is 1.84 bits per heavy atom. The van der Waals surface area contributed by atoms with Gasteiger partial charge in [0.1, 0.15) is 11.5 Å². The highest BCUT2D eigenvalue weighted by Crippen LogP contribution is 2.24. The third-order valence-electron chi connectivity index (χ3n) is 3.87. The number of hydrogen-bond acceptors (Lipinski definition) is 4. The molecule has 0 fully saturated rings. The number of fused-ring (bicyclic) bond motifs is 1. The van der Waals surface area contributed by atoms with Gasteiger partial charge in [0, 0.05) is 11.1 Å². The van der Waals surface area contributed by atoms with E-state index < -0.39 is 0 Å². The Hall–Kier alpha value is -3.34. The number of para-hydroxylation sites is 1. The van der Waals surface area contributed by atoms with E-state index in [2.05, 4.69) is 4.98 Å². The van der Waals surface area contributed by atoms with Crippen molar-refractivity contribution in [1.82, 2.24) is 4.98 Å². The van der Waals surface area contributed by atoms with Crippen molar-refractivity contribution in [2.45, 2.75) is 0 Å². The molecule has 1 aromatic heterocycles. The SMILES string of the molecule is COc1ccc(OC)c(C(=O)C=Cc2cc3ccccc3[nH]c2=O)c1. The van der Waals surface area contributed by atoms with Gasteiger partial charge in [0.05, 0.1) is 19.8 Å². The van der Waals surface area contributed by atoms with E-state index in [-0.39, 0.29) is 11.3 Å². The molecule has 0 aliphatic carbocycles. The van der Waals surface area contributed by atoms with Gasteiger partial charge in [0.25, 0.3) is 5.56 Å². The zero-order valence-electron chi connectivity index (χ0n) is 13.9. The molecular weight excluding hydrogens is 318 g/mol. The standard InChI is InChI=1S/C20H17NO4/c1-24-15-8-10-19(25-2)16(12-15)18(22)9-7-14-11-13-5-3-4-6-17(13)21-20(14)23/h3-12H,1-2H3,(H,21,23). The Morgan fingerprint density at radius 1 is 1.04 bits per heavy atom. The summed E-state index contributed by atoms with van der Waals surface area (Å²) in [5.41, 5.74) is 1.29. The summed E-state index contributed by atoms with van der Waals surface area (Å²) in [5, 5.41) is 0.896. The molecule has 126 valence electrons. The first-order chi connectivity index (χ1) is 12.1. The lowest BCUT2D eigenvalue weighted by Gasteiger charge is -2.07. The molecule has 1 heterocycles. The van der Waals surface area contributed by atoms with Crippen LogP contribution in [0.5, 0.6) is 11.5 Å². The lowest BCUT2D eigenvalue weighted by molar-refractivity contribution is 0.104. The topological polar surface area (TPSA) is 68.4 Å². The maximum absolute atomic E-state index is 12.5. The van der Waals surface area contributed by atoms with Crippen LogP contribution in [-0.4, -0.2) is 25.0 Å². The maximum Gasteiger partial charge on any atom is 0.255 e. The summed E-state index contributed by atoms with van der Waals surface area (Å²) >= 11 is 0. The van der Waals surface area contributed by atoms with E-state index in [4.69, 9.17) is 9.47 Å². The van der Waals surface area contributed by atoms with Crippen LogP contribution in [-0.2, 0) is 0 Å². The molecular formula is C20H17NO4. The highest BCUT2D eigenvalue weighted by molar-refractivity contribution is 6.09. The molecule has 0 aliphatic heterocycles. The van der Waals surface area contributed by atoms with Crippen molar-refractivity contribution in [1.29, 1.82) is 0 Å². The predicted octanol–water partition coefficient (Wildman–Crippen LogP) is 3.44. The van der Waals surface area contributed by atoms with Crippen molar-refractivity contribution in [3.8, 4) is 11.5 Å². The number of nitrogens with one attached hydrogen (secondary N) is 1. The summed E-state index contributed by atoms with van der Waals surface area (Å²) < 4.78 is 10.4. The number of aromatic amines is 1. The lowest BCUT2D eigenvalue weighted by Crippen LogP contribution is -2.09. The molecule has 5 nitrogen and oxygen atoms in total. The fraction of sp³-hybridized carbons (Fsp3) is 0.100. The molecule has 0 aliphatic rings. The molecule has 0 spiro atoms. The number of ether oxygens (including phenoxy) is 2. The number of H-pyrrole nitrogens is 1. The Bertz CT molecular complexity index is 1020. The van der Waals surface area contributed by atoms with Crippen LogP contribution in [0, 0.1) is 0 Å². The summed E-state index contributed by atoms with van der Waals surface area (Å²) in [7, 11) is 3.02. The van der Waals surface area contributed by atoms with Gasteiger partial charge in [-0.25, -0.2) is 0 Å². The monoisotopic (exact) mass is 335 g/mol. The van der Waals surface area contributed by atoms with Crippen LogP contribution >= 0.6 is 0 Å². The van der Waals surface area contributed by atoms with Crippen LogP contribution in [0.4, 0.5) is 0 Å². The number of benzene rings is 2. The smallest absolute Gasteiger partial charge is 0.255 e. The fourth-order valence-electron chi connectivity index (χ4n) is 2.55. The molecule has 0 atom stereocenters. The molecule has 0 bridgehead atoms. The average molecular weight is 335 g/mol. The number of rotatable bonds is 5. The van der Waals surface area contributed by atoms with Crippen molar-refractivity contribution in [3.63, 3.8) is 0 Å². The first kappa shape index (κ1) is 16.5. The molecule has 0 amide bonds. The maximum atomic E-state index is 12.5. The van der Waals surface area contributed by atoms with Crippen LogP contribution in [0.1, 0.15) is 15.9 Å². The van der Waals surface area contributed by atoms with Gasteiger partial charge < -0.3 is 14.5 Å². The molecule has 5 heteroatoms. The van der Waals surface area contributed by atoms with E-state index in [1.807, 2.05) is 24.3 Å². The third-order valence-corrected chi connectivity index (χ3v) is 3.87. The van der Waals surface area contributed by atoms with Gasteiger partial charge in [-0.05, 0) is 47.9 Å². The average Bonchev–Trinajstić information content (AvgIpc) is 2.65. The number of hydrogen-bond donors (Lipinski definition) is 1. The largest absolute Gasteiger partial charge is 0.497 e. The zero-order chi connectivity index (χ0) is 17.8. The van der Waals surface area contributed by atoms with Gasteiger partial charge in [-0.1, -0.05) is 18.2 Å². The number of aromatic nitrogens is 1. The zero-order valence-corrected chi connectivity index (χ0v) is 13.9. The Balaban J connectivity index is 1.96. The van der Waals surface area contributed by atoms with E-state index in [0.29, 0.717) is 22.6 Å². The third kappa shape index (κ3) is 3.45. The number of carbonyl (C=O) groups excluding carboxylic acids is 1. The highest BCUT2D eigenvalue weighted by Gasteiger charge is 2.11. The summed E-state index contributed by atoms with van der Waals surface area (Å²) in [6.07, 6.45) is 2.86. The van der Waals surface area contributed by atoms with E-state index in [9.17, 15) is 9.59 Å². The van der Waals surface area contributed by atoms with Crippen LogP contribution in [0.2, 0.25) is 0 Å². The van der Waals surface area contributed by atoms with E-state index in [0.717, 1.165) is 10.9 Å². The number of pyridine rings is 1. The summed E-state index contributed by atoms with van der Waals surface area (Å²) in [6.45, 7) is 0. The molecule has 3 aromatic rings. The van der Waals surface area contributed by atoms with Gasteiger partial charge >= 0.3 is 0 Å². The van der Waals surface area contributed by atoms with Crippen molar-refractivity contribution >= 4 is 22.8 Å². The Morgan fingerprint density at radius 3 is 2.60 bits per heavy atom. The second-order valence-corrected chi connectivity index (χ2v) is 5.40. The van der Waals surface area contributed by atoms with Crippen LogP contribution in [0.3, 0.4) is 0 Å². The number of methoxy groups -OCH3 is 2. The fourth-order valence-corrected chi connectivity index (χ4v) is 2.55. The molecule has 0 saturated heterocycles. The van der Waals surface area contributed by atoms with Crippen molar-refractivity contribution in [3.05, 3.63) is 76.1 Å². The van der Waals surface area contributed by atoms with Gasteiger partial charge in [0.2, 0.25) is 0 Å². The first-order valence-electron chi connectivity index (χ1n) is 7.69. The van der Waals surface area contributed by atoms with Crippen molar-refractivity contribution < 1.29 is 14.3 Å². The van der Waals surface area contributed by atoms with Crippen LogP contribution in [0.15, 0.2) is 59.4 Å². The highest BCUT2D eigenvalue weighted by atomic mass is 16.5. The second kappa shape index (κ2) is 7.05. The quantitative estimate of drug-likeness (QED) is 0.573. The predicted molar refractivity (Wildman–Crippen MR) is 97.5 cm³/mol. The lowest BCUT2D eigenvalue weighted by atomic mass is 10.1. The summed E-state index contributed by atoms with van der Waals surface area (Å²) in [6, 6.07) is 14.2. The molecule has 3 rings (SSSR count). The van der Waals surface area contributed by atoms with Gasteiger partial charge in [-0.3, -0.25) is 9.59 Å². The minimum absolute atomic E-state index is 0.250. The van der Waals surface area contributed by atoms with Gasteiger partial charge in [-0.15, -0.1) is 0 Å². The second-order valence-electron chi connectivity index (χ2n) is 5.40. The molecule has 0 radical (unpaired) electrons. The van der Waals surface area contributed by atoms with E-state index in [1.54, 1.807) is 24.3 Å². The molecule has 1 N–H and O–H groups in total. The van der Waals surface area contributed by atoms with Crippen molar-refractivity contribution in [2.75, 3.05) is 14.2 Å². The molecule has 25 heavy (non-hydrogen) atoms. The summed E-state index contributed by atoms with van der Waals surface area (Å²) in [4.78, 5) is 27.4. The Kier molecular flexibility index (Phi) is 4.66. The first-order valence-corrected chi connectivity index (χ1v) is 7.69. The summed E-state index contributed by atoms with van der Waals surface area (Å²) in [5.74, 6) is 0.729. The molecule has 2 aromatic carbocycles. The van der Waals surface area contributed by atoms with Crippen LogP contribution in [0.25, 0.3) is 17.0 Å². The van der Waals surface area contributed by atoms with E-state index >= 15 is 0 Å². The minimum atomic E-state index is -0.275. The molecule has 0 saturated carbocycles. The van der Waals surface area contributed by atoms with Crippen LogP contribution < -0.4 is 15.0 Å². The van der Waals surface area contributed by atoms with E-state index in [1.165, 1.54) is 26.4 Å². The molecule has 0 unspecified atom stereocenters. The van der Waals surface area contributed by atoms with Crippen molar-refractivity contribution in [2.24, 2.45) is 0 Å². The number of ketones is 1.